The van der Waals surface area contributed by atoms with Crippen molar-refractivity contribution < 1.29 is 17.8 Å². The standard InChI is InChI=1S/C3H5NO4S2/c5-3-2(9)1-4(3)10(6,7)8/h2,9H,1H2,(H,6,7,8). The van der Waals surface area contributed by atoms with Crippen LogP contribution in [0.4, 0.5) is 0 Å². The van der Waals surface area contributed by atoms with Gasteiger partial charge in [0.05, 0.1) is 6.54 Å². The Kier molecular flexibility index (Phi) is 1.65. The Balaban J connectivity index is 2.75. The van der Waals surface area contributed by atoms with Crippen molar-refractivity contribution in [3.05, 3.63) is 0 Å². The maximum absolute atomic E-state index is 10.5. The van der Waals surface area contributed by atoms with Gasteiger partial charge >= 0.3 is 10.3 Å². The molecule has 0 saturated carbocycles. The number of thiol groups is 1. The van der Waals surface area contributed by atoms with Crippen molar-refractivity contribution in [2.75, 3.05) is 6.54 Å². The highest BCUT2D eigenvalue weighted by Gasteiger charge is 2.41. The molecule has 1 atom stereocenters. The van der Waals surface area contributed by atoms with Gasteiger partial charge in [-0.3, -0.25) is 9.35 Å². The summed E-state index contributed by atoms with van der Waals surface area (Å²) >= 11 is 3.70. The molecule has 0 bridgehead atoms. The number of carbonyl (C=O) groups excluding carboxylic acids is 1. The summed E-state index contributed by atoms with van der Waals surface area (Å²) in [7, 11) is -4.31. The lowest BCUT2D eigenvalue weighted by Gasteiger charge is -2.31. The first-order chi connectivity index (χ1) is 4.43. The Hall–Kier alpha value is -0.270. The minimum Gasteiger partial charge on any atom is -0.272 e. The van der Waals surface area contributed by atoms with Crippen molar-refractivity contribution in [1.29, 1.82) is 0 Å². The number of β-lactam (4-membered cyclic amide) rings is 1. The molecule has 1 aliphatic rings. The van der Waals surface area contributed by atoms with E-state index in [1.807, 2.05) is 0 Å². The fourth-order valence-corrected chi connectivity index (χ4v) is 1.77. The summed E-state index contributed by atoms with van der Waals surface area (Å²) in [6.45, 7) is -0.0409. The maximum atomic E-state index is 10.5. The second-order valence-electron chi connectivity index (χ2n) is 1.86. The minimum absolute atomic E-state index is 0.0409. The number of hydrogen-bond donors (Lipinski definition) is 2. The number of carbonyl (C=O) groups is 1. The van der Waals surface area contributed by atoms with Crippen molar-refractivity contribution >= 4 is 28.8 Å². The molecule has 5 nitrogen and oxygen atoms in total. The Morgan fingerprint density at radius 3 is 2.30 bits per heavy atom. The maximum Gasteiger partial charge on any atom is 0.362 e. The predicted molar refractivity (Wildman–Crippen MR) is 36.0 cm³/mol. The van der Waals surface area contributed by atoms with Crippen LogP contribution < -0.4 is 0 Å². The number of rotatable bonds is 1. The van der Waals surface area contributed by atoms with Crippen LogP contribution in [0.1, 0.15) is 0 Å². The molecule has 0 aromatic rings. The minimum atomic E-state index is -4.31. The van der Waals surface area contributed by atoms with Crippen LogP contribution in [0.2, 0.25) is 0 Å². The van der Waals surface area contributed by atoms with E-state index in [9.17, 15) is 13.2 Å². The molecule has 0 spiro atoms. The lowest BCUT2D eigenvalue weighted by atomic mass is 10.3. The van der Waals surface area contributed by atoms with Crippen LogP contribution in [-0.2, 0) is 15.1 Å². The lowest BCUT2D eigenvalue weighted by molar-refractivity contribution is -0.132. The molecule has 7 heteroatoms. The van der Waals surface area contributed by atoms with Gasteiger partial charge in [-0.15, -0.1) is 0 Å². The van der Waals surface area contributed by atoms with Gasteiger partial charge in [0.25, 0.3) is 5.91 Å². The average Bonchev–Trinajstić information content (AvgIpc) is 1.79. The van der Waals surface area contributed by atoms with Gasteiger partial charge in [0.1, 0.15) is 5.25 Å². The molecule has 1 heterocycles. The summed E-state index contributed by atoms with van der Waals surface area (Å²) < 4.78 is 29.0. The first-order valence-electron chi connectivity index (χ1n) is 2.40. The Labute approximate surface area is 63.3 Å². The van der Waals surface area contributed by atoms with E-state index in [1.165, 1.54) is 0 Å². The molecule has 1 N–H and O–H groups in total. The summed E-state index contributed by atoms with van der Waals surface area (Å²) in [4.78, 5) is 10.5. The highest BCUT2D eigenvalue weighted by atomic mass is 32.2. The van der Waals surface area contributed by atoms with E-state index in [4.69, 9.17) is 4.55 Å². The molecule has 58 valence electrons. The van der Waals surface area contributed by atoms with Crippen molar-refractivity contribution in [1.82, 2.24) is 4.31 Å². The summed E-state index contributed by atoms with van der Waals surface area (Å²) in [5.41, 5.74) is 0. The van der Waals surface area contributed by atoms with E-state index in [1.54, 1.807) is 0 Å². The van der Waals surface area contributed by atoms with E-state index in [-0.39, 0.29) is 6.54 Å². The third-order valence-electron chi connectivity index (χ3n) is 1.15. The second-order valence-corrected chi connectivity index (χ2v) is 3.82. The second kappa shape index (κ2) is 2.11. The molecule has 1 aliphatic heterocycles. The van der Waals surface area contributed by atoms with Crippen molar-refractivity contribution in [2.45, 2.75) is 5.25 Å². The van der Waals surface area contributed by atoms with Crippen LogP contribution in [-0.4, -0.2) is 35.0 Å². The van der Waals surface area contributed by atoms with Crippen LogP contribution in [0.3, 0.4) is 0 Å². The molecule has 0 radical (unpaired) electrons. The first kappa shape index (κ1) is 7.83. The van der Waals surface area contributed by atoms with E-state index in [0.717, 1.165) is 0 Å². The topological polar surface area (TPSA) is 74.7 Å². The van der Waals surface area contributed by atoms with Gasteiger partial charge < -0.3 is 0 Å². The van der Waals surface area contributed by atoms with Crippen LogP contribution in [0.25, 0.3) is 0 Å². The Bertz CT molecular complexity index is 258. The third-order valence-corrected chi connectivity index (χ3v) is 2.42. The number of amides is 1. The third kappa shape index (κ3) is 1.11. The molecule has 0 aromatic heterocycles. The van der Waals surface area contributed by atoms with E-state index < -0.39 is 21.5 Å². The average molecular weight is 183 g/mol. The Morgan fingerprint density at radius 1 is 1.70 bits per heavy atom. The quantitative estimate of drug-likeness (QED) is 0.308. The summed E-state index contributed by atoms with van der Waals surface area (Å²) in [6, 6.07) is 0. The fraction of sp³-hybridized carbons (Fsp3) is 0.667. The normalized spacial score (nSPS) is 26.4. The molecule has 10 heavy (non-hydrogen) atoms. The zero-order valence-electron chi connectivity index (χ0n) is 4.76. The van der Waals surface area contributed by atoms with Gasteiger partial charge in [-0.25, -0.2) is 4.31 Å². The SMILES string of the molecule is O=C1C(S)CN1S(=O)(=O)O. The van der Waals surface area contributed by atoms with Crippen LogP contribution in [0.15, 0.2) is 0 Å². The molecule has 0 aromatic carbocycles. The van der Waals surface area contributed by atoms with Crippen LogP contribution >= 0.6 is 12.6 Å². The van der Waals surface area contributed by atoms with Gasteiger partial charge in [0.2, 0.25) is 0 Å². The lowest BCUT2D eigenvalue weighted by Crippen LogP contribution is -2.56. The van der Waals surface area contributed by atoms with Gasteiger partial charge in [-0.1, -0.05) is 0 Å². The fourth-order valence-electron chi connectivity index (χ4n) is 0.587. The summed E-state index contributed by atoms with van der Waals surface area (Å²) in [5, 5.41) is -0.582. The molecule has 1 fully saturated rings. The van der Waals surface area contributed by atoms with Crippen molar-refractivity contribution in [2.24, 2.45) is 0 Å². The Morgan fingerprint density at radius 2 is 2.20 bits per heavy atom. The van der Waals surface area contributed by atoms with Gasteiger partial charge in [0.15, 0.2) is 0 Å². The largest absolute Gasteiger partial charge is 0.362 e. The van der Waals surface area contributed by atoms with Crippen molar-refractivity contribution in [3.8, 4) is 0 Å². The molecular weight excluding hydrogens is 178 g/mol. The molecule has 1 amide bonds. The molecule has 1 rings (SSSR count). The van der Waals surface area contributed by atoms with Gasteiger partial charge in [-0.2, -0.15) is 21.0 Å². The first-order valence-corrected chi connectivity index (χ1v) is 4.31. The molecule has 0 aliphatic carbocycles. The van der Waals surface area contributed by atoms with Crippen LogP contribution in [0, 0.1) is 0 Å². The summed E-state index contributed by atoms with van der Waals surface area (Å²) in [5.74, 6) is -0.675. The van der Waals surface area contributed by atoms with E-state index >= 15 is 0 Å². The van der Waals surface area contributed by atoms with E-state index in [2.05, 4.69) is 12.6 Å². The highest BCUT2D eigenvalue weighted by molar-refractivity contribution is 7.85. The highest BCUT2D eigenvalue weighted by Crippen LogP contribution is 2.17. The summed E-state index contributed by atoms with van der Waals surface area (Å²) in [6.07, 6.45) is 0. The number of nitrogens with zero attached hydrogens (tertiary/aromatic N) is 1. The molecule has 1 saturated heterocycles. The zero-order chi connectivity index (χ0) is 7.94. The predicted octanol–water partition coefficient (Wildman–Crippen LogP) is -1.07. The molecular formula is C3H5NO4S2. The van der Waals surface area contributed by atoms with Gasteiger partial charge in [0, 0.05) is 0 Å². The van der Waals surface area contributed by atoms with Gasteiger partial charge in [-0.05, 0) is 0 Å². The zero-order valence-corrected chi connectivity index (χ0v) is 6.47. The molecule has 1 unspecified atom stereocenters. The van der Waals surface area contributed by atoms with Crippen molar-refractivity contribution in [3.63, 3.8) is 0 Å². The number of hydrogen-bond acceptors (Lipinski definition) is 4. The van der Waals surface area contributed by atoms with E-state index in [0.29, 0.717) is 4.31 Å². The van der Waals surface area contributed by atoms with Crippen LogP contribution in [0.5, 0.6) is 0 Å². The smallest absolute Gasteiger partial charge is 0.272 e. The monoisotopic (exact) mass is 183 g/mol.